The summed E-state index contributed by atoms with van der Waals surface area (Å²) in [5.41, 5.74) is 0.941. The number of hydrogen-bond donors (Lipinski definition) is 1. The lowest BCUT2D eigenvalue weighted by Crippen LogP contribution is -2.02. The molecule has 0 unspecified atom stereocenters. The van der Waals surface area contributed by atoms with E-state index in [9.17, 15) is 0 Å². The third kappa shape index (κ3) is 3.93. The maximum atomic E-state index is 5.49. The SMILES string of the molecule is CCOc1cccc(Nc2cc(Br)nc(C(C)C)n2)c1. The second kappa shape index (κ2) is 6.70. The predicted octanol–water partition coefficient (Wildman–Crippen LogP) is 4.50. The third-order valence-corrected chi connectivity index (χ3v) is 3.05. The molecule has 0 radical (unpaired) electrons. The van der Waals surface area contributed by atoms with E-state index in [1.807, 2.05) is 37.3 Å². The Morgan fingerprint density at radius 2 is 2.05 bits per heavy atom. The summed E-state index contributed by atoms with van der Waals surface area (Å²) in [4.78, 5) is 8.87. The van der Waals surface area contributed by atoms with Gasteiger partial charge in [0.2, 0.25) is 0 Å². The van der Waals surface area contributed by atoms with Gasteiger partial charge in [-0.1, -0.05) is 19.9 Å². The number of nitrogens with one attached hydrogen (secondary N) is 1. The molecule has 0 amide bonds. The van der Waals surface area contributed by atoms with Crippen LogP contribution in [0.3, 0.4) is 0 Å². The van der Waals surface area contributed by atoms with E-state index in [0.29, 0.717) is 6.61 Å². The Kier molecular flexibility index (Phi) is 4.95. The average Bonchev–Trinajstić information content (AvgIpc) is 2.38. The first-order valence-corrected chi connectivity index (χ1v) is 7.42. The van der Waals surface area contributed by atoms with E-state index >= 15 is 0 Å². The van der Waals surface area contributed by atoms with Crippen molar-refractivity contribution < 1.29 is 4.74 Å². The second-order valence-corrected chi connectivity index (χ2v) is 5.49. The number of nitrogens with zero attached hydrogens (tertiary/aromatic N) is 2. The van der Waals surface area contributed by atoms with E-state index in [1.165, 1.54) is 0 Å². The quantitative estimate of drug-likeness (QED) is 0.817. The van der Waals surface area contributed by atoms with Gasteiger partial charge in [0, 0.05) is 23.7 Å². The molecule has 1 aromatic heterocycles. The van der Waals surface area contributed by atoms with Crippen LogP contribution in [0.15, 0.2) is 34.9 Å². The van der Waals surface area contributed by atoms with Crippen LogP contribution in [0.25, 0.3) is 0 Å². The molecule has 0 fully saturated rings. The fourth-order valence-corrected chi connectivity index (χ4v) is 2.13. The number of halogens is 1. The van der Waals surface area contributed by atoms with Crippen molar-refractivity contribution in [1.29, 1.82) is 0 Å². The lowest BCUT2D eigenvalue weighted by molar-refractivity contribution is 0.340. The fourth-order valence-electron chi connectivity index (χ4n) is 1.74. The minimum absolute atomic E-state index is 0.280. The molecule has 106 valence electrons. The minimum atomic E-state index is 0.280. The summed E-state index contributed by atoms with van der Waals surface area (Å²) in [5.74, 6) is 2.70. The largest absolute Gasteiger partial charge is 0.494 e. The monoisotopic (exact) mass is 335 g/mol. The van der Waals surface area contributed by atoms with E-state index < -0.39 is 0 Å². The molecular weight excluding hydrogens is 318 g/mol. The molecule has 0 spiro atoms. The molecule has 0 aliphatic rings. The van der Waals surface area contributed by atoms with Gasteiger partial charge in [0.1, 0.15) is 22.0 Å². The van der Waals surface area contributed by atoms with Crippen molar-refractivity contribution in [2.75, 3.05) is 11.9 Å². The molecular formula is C15H18BrN3O. The standard InChI is InChI=1S/C15H18BrN3O/c1-4-20-12-7-5-6-11(8-12)17-14-9-13(16)18-15(19-14)10(2)3/h5-10H,4H2,1-3H3,(H,17,18,19). The van der Waals surface area contributed by atoms with Crippen LogP contribution in [0, 0.1) is 0 Å². The van der Waals surface area contributed by atoms with Gasteiger partial charge in [0.05, 0.1) is 6.61 Å². The summed E-state index contributed by atoms with van der Waals surface area (Å²) in [6.45, 7) is 6.76. The number of hydrogen-bond acceptors (Lipinski definition) is 4. The van der Waals surface area contributed by atoms with Crippen LogP contribution in [0.4, 0.5) is 11.5 Å². The molecule has 1 aromatic carbocycles. The zero-order valence-corrected chi connectivity index (χ0v) is 13.4. The molecule has 20 heavy (non-hydrogen) atoms. The summed E-state index contributed by atoms with van der Waals surface area (Å²) in [5, 5.41) is 3.28. The highest BCUT2D eigenvalue weighted by Crippen LogP contribution is 2.23. The van der Waals surface area contributed by atoms with Crippen LogP contribution in [-0.2, 0) is 0 Å². The normalized spacial score (nSPS) is 10.7. The smallest absolute Gasteiger partial charge is 0.135 e. The van der Waals surface area contributed by atoms with Crippen LogP contribution >= 0.6 is 15.9 Å². The maximum absolute atomic E-state index is 5.49. The van der Waals surface area contributed by atoms with Gasteiger partial charge in [0.25, 0.3) is 0 Å². The first kappa shape index (κ1) is 14.8. The van der Waals surface area contributed by atoms with Crippen molar-refractivity contribution in [2.24, 2.45) is 0 Å². The molecule has 4 nitrogen and oxygen atoms in total. The van der Waals surface area contributed by atoms with E-state index in [-0.39, 0.29) is 5.92 Å². The van der Waals surface area contributed by atoms with Crippen molar-refractivity contribution in [3.8, 4) is 5.75 Å². The summed E-state index contributed by atoms with van der Waals surface area (Å²) in [6.07, 6.45) is 0. The molecule has 1 N–H and O–H groups in total. The van der Waals surface area contributed by atoms with E-state index in [0.717, 1.165) is 27.7 Å². The molecule has 0 bridgehead atoms. The lowest BCUT2D eigenvalue weighted by atomic mass is 10.2. The summed E-state index contributed by atoms with van der Waals surface area (Å²) >= 11 is 3.42. The zero-order chi connectivity index (χ0) is 14.5. The van der Waals surface area contributed by atoms with Crippen molar-refractivity contribution in [3.05, 3.63) is 40.8 Å². The van der Waals surface area contributed by atoms with Crippen LogP contribution in [0.1, 0.15) is 32.5 Å². The van der Waals surface area contributed by atoms with Crippen molar-refractivity contribution in [2.45, 2.75) is 26.7 Å². The first-order chi connectivity index (χ1) is 9.58. The molecule has 0 atom stereocenters. The van der Waals surface area contributed by atoms with Gasteiger partial charge in [-0.2, -0.15) is 0 Å². The highest BCUT2D eigenvalue weighted by molar-refractivity contribution is 9.10. The third-order valence-electron chi connectivity index (χ3n) is 2.65. The highest BCUT2D eigenvalue weighted by atomic mass is 79.9. The van der Waals surface area contributed by atoms with Crippen LogP contribution < -0.4 is 10.1 Å². The Bertz CT molecular complexity index is 587. The van der Waals surface area contributed by atoms with Gasteiger partial charge in [-0.25, -0.2) is 9.97 Å². The Morgan fingerprint density at radius 3 is 2.75 bits per heavy atom. The van der Waals surface area contributed by atoms with E-state index in [4.69, 9.17) is 4.74 Å². The number of anilines is 2. The Hall–Kier alpha value is -1.62. The molecule has 0 aliphatic carbocycles. The number of benzene rings is 1. The van der Waals surface area contributed by atoms with Gasteiger partial charge < -0.3 is 10.1 Å². The Balaban J connectivity index is 2.23. The van der Waals surface area contributed by atoms with E-state index in [1.54, 1.807) is 0 Å². The van der Waals surface area contributed by atoms with Crippen LogP contribution in [-0.4, -0.2) is 16.6 Å². The predicted molar refractivity (Wildman–Crippen MR) is 84.7 cm³/mol. The zero-order valence-electron chi connectivity index (χ0n) is 11.9. The summed E-state index contributed by atoms with van der Waals surface area (Å²) in [7, 11) is 0. The van der Waals surface area contributed by atoms with Crippen molar-refractivity contribution >= 4 is 27.4 Å². The topological polar surface area (TPSA) is 47.0 Å². The molecule has 1 heterocycles. The van der Waals surface area contributed by atoms with Gasteiger partial charge in [-0.15, -0.1) is 0 Å². The van der Waals surface area contributed by atoms with Gasteiger partial charge in [-0.05, 0) is 35.0 Å². The Labute approximate surface area is 127 Å². The average molecular weight is 336 g/mol. The lowest BCUT2D eigenvalue weighted by Gasteiger charge is -2.11. The van der Waals surface area contributed by atoms with Gasteiger partial charge in [0.15, 0.2) is 0 Å². The number of rotatable bonds is 5. The van der Waals surface area contributed by atoms with Crippen LogP contribution in [0.5, 0.6) is 5.75 Å². The second-order valence-electron chi connectivity index (χ2n) is 4.67. The number of aromatic nitrogens is 2. The molecule has 0 saturated heterocycles. The molecule has 0 aliphatic heterocycles. The number of ether oxygens (including phenoxy) is 1. The molecule has 2 aromatic rings. The fraction of sp³-hybridized carbons (Fsp3) is 0.333. The molecule has 5 heteroatoms. The molecule has 0 saturated carbocycles. The first-order valence-electron chi connectivity index (χ1n) is 6.63. The minimum Gasteiger partial charge on any atom is -0.494 e. The maximum Gasteiger partial charge on any atom is 0.135 e. The van der Waals surface area contributed by atoms with E-state index in [2.05, 4.69) is 45.1 Å². The highest BCUT2D eigenvalue weighted by Gasteiger charge is 2.07. The van der Waals surface area contributed by atoms with Crippen molar-refractivity contribution in [3.63, 3.8) is 0 Å². The Morgan fingerprint density at radius 1 is 1.25 bits per heavy atom. The van der Waals surface area contributed by atoms with Crippen LogP contribution in [0.2, 0.25) is 0 Å². The summed E-state index contributed by atoms with van der Waals surface area (Å²) in [6, 6.07) is 9.68. The molecule has 2 rings (SSSR count). The van der Waals surface area contributed by atoms with Gasteiger partial charge >= 0.3 is 0 Å². The summed E-state index contributed by atoms with van der Waals surface area (Å²) < 4.78 is 6.27. The van der Waals surface area contributed by atoms with Gasteiger partial charge in [-0.3, -0.25) is 0 Å². The van der Waals surface area contributed by atoms with Crippen molar-refractivity contribution in [1.82, 2.24) is 9.97 Å².